The van der Waals surface area contributed by atoms with Gasteiger partial charge in [0.1, 0.15) is 30.1 Å². The van der Waals surface area contributed by atoms with Crippen LogP contribution in [-0.4, -0.2) is 63.0 Å². The minimum atomic E-state index is -1.22. The number of carbonyl (C=O) groups excluding carboxylic acids is 3. The maximum atomic E-state index is 15.1. The maximum absolute atomic E-state index is 15.1. The monoisotopic (exact) mass is 613 g/mol. The van der Waals surface area contributed by atoms with E-state index in [1.807, 2.05) is 0 Å². The predicted molar refractivity (Wildman–Crippen MR) is 154 cm³/mol. The molecule has 0 aliphatic carbocycles. The number of nitrogens with one attached hydrogen (secondary N) is 2. The van der Waals surface area contributed by atoms with E-state index in [1.165, 1.54) is 60.7 Å². The molecule has 1 aliphatic rings. The van der Waals surface area contributed by atoms with Gasteiger partial charge in [-0.15, -0.1) is 0 Å². The van der Waals surface area contributed by atoms with Gasteiger partial charge in [-0.25, -0.2) is 22.8 Å². The Kier molecular flexibility index (Phi) is 11.3. The van der Waals surface area contributed by atoms with Crippen LogP contribution in [0.15, 0.2) is 66.7 Å². The highest BCUT2D eigenvalue weighted by molar-refractivity contribution is 5.91. The summed E-state index contributed by atoms with van der Waals surface area (Å²) in [7, 11) is 1.15. The lowest BCUT2D eigenvalue weighted by atomic mass is 9.81. The molecule has 0 aromatic heterocycles. The molecular formula is C32H34F3N3O6. The van der Waals surface area contributed by atoms with Crippen molar-refractivity contribution in [2.24, 2.45) is 5.73 Å². The Balaban J connectivity index is 1.55. The molecule has 1 saturated heterocycles. The number of hydrogen-bond acceptors (Lipinski definition) is 7. The molecule has 3 atom stereocenters. The van der Waals surface area contributed by atoms with Crippen LogP contribution in [0, 0.1) is 17.5 Å². The van der Waals surface area contributed by atoms with Crippen LogP contribution in [0.25, 0.3) is 0 Å². The first kappa shape index (κ1) is 32.5. The zero-order valence-corrected chi connectivity index (χ0v) is 24.1. The molecule has 0 bridgehead atoms. The summed E-state index contributed by atoms with van der Waals surface area (Å²) in [6.45, 7) is 0.784. The number of primary amides is 1. The molecule has 3 aromatic carbocycles. The van der Waals surface area contributed by atoms with Crippen LogP contribution in [0.5, 0.6) is 0 Å². The first-order valence-corrected chi connectivity index (χ1v) is 14.1. The minimum absolute atomic E-state index is 0.0687. The average Bonchev–Trinajstić information content (AvgIpc) is 3.01. The van der Waals surface area contributed by atoms with Gasteiger partial charge in [0.25, 0.3) is 0 Å². The van der Waals surface area contributed by atoms with E-state index in [-0.39, 0.29) is 38.2 Å². The number of hydrogen-bond donors (Lipinski definition) is 3. The van der Waals surface area contributed by atoms with Crippen LogP contribution in [0.4, 0.5) is 22.8 Å². The third kappa shape index (κ3) is 8.80. The fourth-order valence-corrected chi connectivity index (χ4v) is 5.25. The van der Waals surface area contributed by atoms with Gasteiger partial charge in [0.15, 0.2) is 5.78 Å². The predicted octanol–water partition coefficient (Wildman–Crippen LogP) is 4.16. The van der Waals surface area contributed by atoms with Gasteiger partial charge < -0.3 is 30.6 Å². The van der Waals surface area contributed by atoms with Crippen molar-refractivity contribution in [3.8, 4) is 0 Å². The Morgan fingerprint density at radius 2 is 1.64 bits per heavy atom. The number of benzene rings is 3. The highest BCUT2D eigenvalue weighted by Gasteiger charge is 2.33. The Hall–Kier alpha value is -4.42. The molecule has 4 rings (SSSR count). The summed E-state index contributed by atoms with van der Waals surface area (Å²) in [5.41, 5.74) is 6.76. The number of amides is 2. The van der Waals surface area contributed by atoms with Gasteiger partial charge in [-0.3, -0.25) is 4.79 Å². The lowest BCUT2D eigenvalue weighted by Crippen LogP contribution is -2.49. The summed E-state index contributed by atoms with van der Waals surface area (Å²) < 4.78 is 58.2. The number of morpholine rings is 1. The highest BCUT2D eigenvalue weighted by Crippen LogP contribution is 2.31. The number of carbonyl (C=O) groups is 3. The molecule has 12 heteroatoms. The summed E-state index contributed by atoms with van der Waals surface area (Å²) in [4.78, 5) is 37.3. The molecule has 1 heterocycles. The van der Waals surface area contributed by atoms with Crippen molar-refractivity contribution in [2.75, 3.05) is 26.9 Å². The van der Waals surface area contributed by atoms with Crippen LogP contribution in [-0.2, 0) is 31.8 Å². The molecular weight excluding hydrogens is 579 g/mol. The number of Topliss-reactive ketones (excluding diaryl/α,β-unsaturated/α-hetero) is 1. The van der Waals surface area contributed by atoms with Gasteiger partial charge in [0.2, 0.25) is 0 Å². The largest absolute Gasteiger partial charge is 0.453 e. The fraction of sp³-hybridized carbons (Fsp3) is 0.344. The number of halogens is 3. The van der Waals surface area contributed by atoms with Gasteiger partial charge in [-0.2, -0.15) is 0 Å². The van der Waals surface area contributed by atoms with Crippen molar-refractivity contribution in [3.63, 3.8) is 0 Å². The highest BCUT2D eigenvalue weighted by atomic mass is 19.1. The summed E-state index contributed by atoms with van der Waals surface area (Å²) in [6, 6.07) is 13.9. The van der Waals surface area contributed by atoms with Gasteiger partial charge in [0, 0.05) is 18.9 Å². The van der Waals surface area contributed by atoms with Crippen LogP contribution in [0.1, 0.15) is 34.6 Å². The third-order valence-electron chi connectivity index (χ3n) is 7.49. The first-order chi connectivity index (χ1) is 21.1. The number of rotatable bonds is 12. The van der Waals surface area contributed by atoms with E-state index in [9.17, 15) is 23.2 Å². The van der Waals surface area contributed by atoms with Crippen molar-refractivity contribution in [3.05, 3.63) is 106 Å². The number of methoxy groups -OCH3 is 1. The second kappa shape index (κ2) is 15.3. The van der Waals surface area contributed by atoms with Crippen LogP contribution in [0.2, 0.25) is 0 Å². The standard InChI is InChI=1S/C32H34F3N3O6/c1-42-32(41)38-30(29(19-5-9-22(33)10-6-19)20-7-11-23(34)12-8-20)28(39)15-21-3-2-4-27(35)26(21)14-13-25-16-37-24(17-43-25)18-44-31(36)40/h2-12,24-25,29-30,37H,13-18H2,1H3,(H2,36,40)(H,38,41)/t24-,25+,30+/m0/s1. The van der Waals surface area contributed by atoms with Crippen molar-refractivity contribution < 1.29 is 41.8 Å². The second-order valence-electron chi connectivity index (χ2n) is 10.4. The van der Waals surface area contributed by atoms with Crippen LogP contribution in [0.3, 0.4) is 0 Å². The van der Waals surface area contributed by atoms with Gasteiger partial charge in [-0.05, 0) is 65.4 Å². The Bertz CT molecular complexity index is 1380. The Morgan fingerprint density at radius 1 is 1.00 bits per heavy atom. The van der Waals surface area contributed by atoms with Gasteiger partial charge in [0.05, 0.1) is 25.9 Å². The molecule has 0 saturated carbocycles. The Labute approximate surface area is 252 Å². The zero-order chi connectivity index (χ0) is 31.6. The molecule has 0 unspecified atom stereocenters. The Morgan fingerprint density at radius 3 is 2.18 bits per heavy atom. The third-order valence-corrected chi connectivity index (χ3v) is 7.49. The molecule has 2 amide bonds. The molecule has 234 valence electrons. The first-order valence-electron chi connectivity index (χ1n) is 14.1. The molecule has 0 spiro atoms. The lowest BCUT2D eigenvalue weighted by molar-refractivity contribution is -0.120. The quantitative estimate of drug-likeness (QED) is 0.280. The van der Waals surface area contributed by atoms with Crippen molar-refractivity contribution in [2.45, 2.75) is 43.4 Å². The van der Waals surface area contributed by atoms with Crippen molar-refractivity contribution >= 4 is 18.0 Å². The second-order valence-corrected chi connectivity index (χ2v) is 10.4. The van der Waals surface area contributed by atoms with Gasteiger partial charge >= 0.3 is 12.2 Å². The van der Waals surface area contributed by atoms with Crippen LogP contribution < -0.4 is 16.4 Å². The average molecular weight is 614 g/mol. The summed E-state index contributed by atoms with van der Waals surface area (Å²) >= 11 is 0. The SMILES string of the molecule is COC(=O)N[C@H](C(=O)Cc1cccc(F)c1CC[C@@H]1CN[C@H](COC(N)=O)CO1)C(c1ccc(F)cc1)c1ccc(F)cc1. The van der Waals surface area contributed by atoms with E-state index in [2.05, 4.69) is 10.6 Å². The molecule has 3 aromatic rings. The van der Waals surface area contributed by atoms with E-state index in [4.69, 9.17) is 19.9 Å². The number of alkyl carbamates (subject to hydrolysis) is 1. The molecule has 9 nitrogen and oxygen atoms in total. The molecule has 44 heavy (non-hydrogen) atoms. The number of ketones is 1. The fourth-order valence-electron chi connectivity index (χ4n) is 5.25. The molecule has 0 radical (unpaired) electrons. The molecule has 4 N–H and O–H groups in total. The smallest absolute Gasteiger partial charge is 0.407 e. The molecule has 1 aliphatic heterocycles. The maximum Gasteiger partial charge on any atom is 0.407 e. The van der Waals surface area contributed by atoms with E-state index in [0.717, 1.165) is 7.11 Å². The zero-order valence-electron chi connectivity index (χ0n) is 24.1. The van der Waals surface area contributed by atoms with E-state index in [0.29, 0.717) is 35.2 Å². The summed E-state index contributed by atoms with van der Waals surface area (Å²) in [6.07, 6.45) is -1.54. The minimum Gasteiger partial charge on any atom is -0.453 e. The van der Waals surface area contributed by atoms with Gasteiger partial charge in [-0.1, -0.05) is 36.4 Å². The topological polar surface area (TPSA) is 129 Å². The van der Waals surface area contributed by atoms with Crippen molar-refractivity contribution in [1.29, 1.82) is 0 Å². The van der Waals surface area contributed by atoms with E-state index in [1.54, 1.807) is 6.07 Å². The van der Waals surface area contributed by atoms with E-state index >= 15 is 4.39 Å². The van der Waals surface area contributed by atoms with Crippen LogP contribution >= 0.6 is 0 Å². The summed E-state index contributed by atoms with van der Waals surface area (Å²) in [5, 5.41) is 5.80. The number of nitrogens with two attached hydrogens (primary N) is 1. The lowest BCUT2D eigenvalue weighted by Gasteiger charge is -2.30. The summed E-state index contributed by atoms with van der Waals surface area (Å²) in [5.74, 6) is -2.78. The normalized spacial score (nSPS) is 17.1. The number of ether oxygens (including phenoxy) is 3. The molecule has 1 fully saturated rings. The van der Waals surface area contributed by atoms with E-state index < -0.39 is 47.4 Å². The van der Waals surface area contributed by atoms with Crippen molar-refractivity contribution in [1.82, 2.24) is 10.6 Å².